The summed E-state index contributed by atoms with van der Waals surface area (Å²) in [6.45, 7) is 2.50. The molecular weight excluding hydrogens is 340 g/mol. The standard InChI is InChI=1S/C18H18N2O4S/c1-13-10-11-19(15-7-3-5-9-17(15)25-13)18(21)12-24-16-8-4-2-6-14(16)20(22)23/h2-9,13H,10-12H2,1H3/t13-/m0/s1. The number of carbonyl (C=O) groups excluding carboxylic acids is 1. The molecule has 2 aromatic carbocycles. The smallest absolute Gasteiger partial charge is 0.310 e. The molecule has 0 fully saturated rings. The van der Waals surface area contributed by atoms with Crippen molar-refractivity contribution in [3.63, 3.8) is 0 Å². The lowest BCUT2D eigenvalue weighted by molar-refractivity contribution is -0.385. The Hall–Kier alpha value is -2.54. The maximum absolute atomic E-state index is 12.7. The fourth-order valence-corrected chi connectivity index (χ4v) is 3.81. The Bertz CT molecular complexity index is 796. The number of carbonyl (C=O) groups is 1. The molecule has 2 aromatic rings. The highest BCUT2D eigenvalue weighted by molar-refractivity contribution is 8.00. The van der Waals surface area contributed by atoms with Crippen molar-refractivity contribution in [3.8, 4) is 5.75 Å². The van der Waals surface area contributed by atoms with Gasteiger partial charge in [0.05, 0.1) is 10.6 Å². The molecule has 0 aromatic heterocycles. The quantitative estimate of drug-likeness (QED) is 0.612. The molecule has 1 aliphatic rings. The van der Waals surface area contributed by atoms with E-state index in [9.17, 15) is 14.9 Å². The highest BCUT2D eigenvalue weighted by atomic mass is 32.2. The first-order chi connectivity index (χ1) is 12.1. The molecule has 0 N–H and O–H groups in total. The molecule has 25 heavy (non-hydrogen) atoms. The van der Waals surface area contributed by atoms with Crippen LogP contribution in [-0.4, -0.2) is 29.2 Å². The van der Waals surface area contributed by atoms with Crippen LogP contribution in [0.15, 0.2) is 53.4 Å². The minimum atomic E-state index is -0.515. The van der Waals surface area contributed by atoms with Gasteiger partial charge in [-0.15, -0.1) is 11.8 Å². The van der Waals surface area contributed by atoms with Crippen molar-refractivity contribution in [3.05, 3.63) is 58.6 Å². The summed E-state index contributed by atoms with van der Waals surface area (Å²) in [6, 6.07) is 13.9. The SMILES string of the molecule is C[C@H]1CCN(C(=O)COc2ccccc2[N+](=O)[O-])c2ccccc2S1. The molecule has 1 heterocycles. The minimum Gasteiger partial charge on any atom is -0.477 e. The van der Waals surface area contributed by atoms with Gasteiger partial charge in [-0.05, 0) is 24.6 Å². The van der Waals surface area contributed by atoms with Crippen LogP contribution >= 0.6 is 11.8 Å². The zero-order valence-corrected chi connectivity index (χ0v) is 14.6. The molecule has 130 valence electrons. The Labute approximate surface area is 149 Å². The van der Waals surface area contributed by atoms with Crippen molar-refractivity contribution in [1.29, 1.82) is 0 Å². The number of hydrogen-bond donors (Lipinski definition) is 0. The van der Waals surface area contributed by atoms with Crippen LogP contribution in [0.2, 0.25) is 0 Å². The first-order valence-corrected chi connectivity index (χ1v) is 8.86. The van der Waals surface area contributed by atoms with Gasteiger partial charge in [-0.25, -0.2) is 0 Å². The zero-order chi connectivity index (χ0) is 17.8. The number of benzene rings is 2. The van der Waals surface area contributed by atoms with Crippen molar-refractivity contribution in [2.75, 3.05) is 18.1 Å². The number of nitro benzene ring substituents is 1. The summed E-state index contributed by atoms with van der Waals surface area (Å²) in [5.74, 6) is -0.105. The monoisotopic (exact) mass is 358 g/mol. The van der Waals surface area contributed by atoms with Crippen LogP contribution in [0.4, 0.5) is 11.4 Å². The fourth-order valence-electron chi connectivity index (χ4n) is 2.69. The number of para-hydroxylation sites is 3. The Balaban J connectivity index is 1.77. The van der Waals surface area contributed by atoms with Crippen LogP contribution in [0.5, 0.6) is 5.75 Å². The molecule has 7 heteroatoms. The third-order valence-corrected chi connectivity index (χ3v) is 5.19. The number of nitro groups is 1. The molecule has 1 aliphatic heterocycles. The van der Waals surface area contributed by atoms with E-state index in [1.54, 1.807) is 28.8 Å². The highest BCUT2D eigenvalue weighted by Gasteiger charge is 2.25. The van der Waals surface area contributed by atoms with Crippen LogP contribution in [0.3, 0.4) is 0 Å². The second kappa shape index (κ2) is 7.57. The number of amides is 1. The van der Waals surface area contributed by atoms with Gasteiger partial charge in [0.15, 0.2) is 12.4 Å². The third-order valence-electron chi connectivity index (χ3n) is 3.96. The summed E-state index contributed by atoms with van der Waals surface area (Å²) in [5, 5.41) is 11.5. The van der Waals surface area contributed by atoms with E-state index in [4.69, 9.17) is 4.74 Å². The number of fused-ring (bicyclic) bond motifs is 1. The first-order valence-electron chi connectivity index (χ1n) is 7.98. The third kappa shape index (κ3) is 3.93. The van der Waals surface area contributed by atoms with Gasteiger partial charge in [-0.2, -0.15) is 0 Å². The maximum Gasteiger partial charge on any atom is 0.310 e. The molecule has 6 nitrogen and oxygen atoms in total. The summed E-state index contributed by atoms with van der Waals surface area (Å²) in [5.41, 5.74) is 0.726. The first kappa shape index (κ1) is 17.3. The van der Waals surface area contributed by atoms with Crippen molar-refractivity contribution in [2.24, 2.45) is 0 Å². The molecule has 3 rings (SSSR count). The summed E-state index contributed by atoms with van der Waals surface area (Å²) in [7, 11) is 0. The van der Waals surface area contributed by atoms with E-state index in [1.807, 2.05) is 24.3 Å². The van der Waals surface area contributed by atoms with E-state index in [2.05, 4.69) is 6.92 Å². The molecule has 0 saturated carbocycles. The molecule has 1 amide bonds. The number of rotatable bonds is 4. The number of hydrogen-bond acceptors (Lipinski definition) is 5. The van der Waals surface area contributed by atoms with Gasteiger partial charge in [0.2, 0.25) is 0 Å². The zero-order valence-electron chi connectivity index (χ0n) is 13.8. The molecule has 0 bridgehead atoms. The maximum atomic E-state index is 12.7. The van der Waals surface area contributed by atoms with E-state index in [-0.39, 0.29) is 24.0 Å². The molecule has 0 radical (unpaired) electrons. The molecule has 0 aliphatic carbocycles. The topological polar surface area (TPSA) is 72.7 Å². The summed E-state index contributed by atoms with van der Waals surface area (Å²) in [6.07, 6.45) is 0.872. The van der Waals surface area contributed by atoms with Crippen molar-refractivity contribution >= 4 is 29.0 Å². The molecule has 1 atom stereocenters. The normalized spacial score (nSPS) is 16.7. The average molecular weight is 358 g/mol. The van der Waals surface area contributed by atoms with Gasteiger partial charge in [-0.3, -0.25) is 14.9 Å². The van der Waals surface area contributed by atoms with E-state index < -0.39 is 4.92 Å². The van der Waals surface area contributed by atoms with Gasteiger partial charge >= 0.3 is 5.69 Å². The number of anilines is 1. The van der Waals surface area contributed by atoms with Crippen molar-refractivity contribution < 1.29 is 14.5 Å². The average Bonchev–Trinajstić information content (AvgIpc) is 2.78. The predicted molar refractivity (Wildman–Crippen MR) is 97.3 cm³/mol. The Morgan fingerprint density at radius 2 is 2.00 bits per heavy atom. The molecular formula is C18H18N2O4S. The summed E-state index contributed by atoms with van der Waals surface area (Å²) in [4.78, 5) is 26.0. The lowest BCUT2D eigenvalue weighted by atomic mass is 10.2. The summed E-state index contributed by atoms with van der Waals surface area (Å²) < 4.78 is 5.46. The summed E-state index contributed by atoms with van der Waals surface area (Å²) >= 11 is 1.75. The van der Waals surface area contributed by atoms with Gasteiger partial charge in [-0.1, -0.05) is 31.2 Å². The fraction of sp³-hybridized carbons (Fsp3) is 0.278. The highest BCUT2D eigenvalue weighted by Crippen LogP contribution is 2.37. The molecule has 0 saturated heterocycles. The van der Waals surface area contributed by atoms with Crippen molar-refractivity contribution in [1.82, 2.24) is 0 Å². The van der Waals surface area contributed by atoms with Crippen LogP contribution in [0, 0.1) is 10.1 Å². The Morgan fingerprint density at radius 3 is 2.80 bits per heavy atom. The van der Waals surface area contributed by atoms with E-state index in [1.165, 1.54) is 12.1 Å². The molecule has 0 spiro atoms. The van der Waals surface area contributed by atoms with Crippen LogP contribution < -0.4 is 9.64 Å². The van der Waals surface area contributed by atoms with Gasteiger partial charge < -0.3 is 9.64 Å². The van der Waals surface area contributed by atoms with E-state index >= 15 is 0 Å². The van der Waals surface area contributed by atoms with Crippen LogP contribution in [-0.2, 0) is 4.79 Å². The van der Waals surface area contributed by atoms with Gasteiger partial charge in [0, 0.05) is 22.8 Å². The predicted octanol–water partition coefficient (Wildman–Crippen LogP) is 3.89. The second-order valence-corrected chi connectivity index (χ2v) is 7.22. The van der Waals surface area contributed by atoms with Gasteiger partial charge in [0.1, 0.15) is 0 Å². The minimum absolute atomic E-state index is 0.103. The Morgan fingerprint density at radius 1 is 1.28 bits per heavy atom. The van der Waals surface area contributed by atoms with E-state index in [0.29, 0.717) is 11.8 Å². The largest absolute Gasteiger partial charge is 0.477 e. The van der Waals surface area contributed by atoms with E-state index in [0.717, 1.165) is 17.0 Å². The van der Waals surface area contributed by atoms with Crippen molar-refractivity contribution in [2.45, 2.75) is 23.5 Å². The lowest BCUT2D eigenvalue weighted by Gasteiger charge is -2.22. The van der Waals surface area contributed by atoms with Crippen LogP contribution in [0.25, 0.3) is 0 Å². The number of ether oxygens (including phenoxy) is 1. The second-order valence-electron chi connectivity index (χ2n) is 5.74. The lowest BCUT2D eigenvalue weighted by Crippen LogP contribution is -2.36. The number of nitrogens with zero attached hydrogens (tertiary/aromatic N) is 2. The number of thioether (sulfide) groups is 1. The Kier molecular flexibility index (Phi) is 5.23. The van der Waals surface area contributed by atoms with Gasteiger partial charge in [0.25, 0.3) is 5.91 Å². The molecule has 0 unspecified atom stereocenters. The van der Waals surface area contributed by atoms with Crippen LogP contribution in [0.1, 0.15) is 13.3 Å².